The summed E-state index contributed by atoms with van der Waals surface area (Å²) in [7, 11) is 0. The fraction of sp³-hybridized carbons (Fsp3) is 0.571. The van der Waals surface area contributed by atoms with Gasteiger partial charge in [0.05, 0.1) is 17.2 Å². The number of hydrogen-bond donors (Lipinski definition) is 1. The van der Waals surface area contributed by atoms with Gasteiger partial charge in [-0.1, -0.05) is 0 Å². The first kappa shape index (κ1) is 13.3. The molecule has 1 aromatic carbocycles. The zero-order valence-corrected chi connectivity index (χ0v) is 11.2. The van der Waals surface area contributed by atoms with E-state index in [0.29, 0.717) is 5.69 Å². The third-order valence-corrected chi connectivity index (χ3v) is 3.33. The molecule has 1 aliphatic heterocycles. The summed E-state index contributed by atoms with van der Waals surface area (Å²) in [6.07, 6.45) is 0.818. The first-order valence-electron chi connectivity index (χ1n) is 6.11. The average molecular weight is 255 g/mol. The molecule has 1 saturated heterocycles. The number of halogens is 2. The van der Waals surface area contributed by atoms with Crippen molar-refractivity contribution in [2.24, 2.45) is 0 Å². The fourth-order valence-corrected chi connectivity index (χ4v) is 2.57. The predicted octanol–water partition coefficient (Wildman–Crippen LogP) is 3.72. The summed E-state index contributed by atoms with van der Waals surface area (Å²) in [5.74, 6) is -1.67. The molecular weight excluding hydrogens is 236 g/mol. The van der Waals surface area contributed by atoms with Gasteiger partial charge in [0, 0.05) is 11.8 Å². The van der Waals surface area contributed by atoms with Crippen molar-refractivity contribution < 1.29 is 13.5 Å². The normalized spacial score (nSPS) is 25.1. The molecular formula is C14H19F2NO. The second kappa shape index (κ2) is 4.19. The summed E-state index contributed by atoms with van der Waals surface area (Å²) in [5, 5.41) is 3.22. The molecule has 2 rings (SSSR count). The van der Waals surface area contributed by atoms with Crippen molar-refractivity contribution in [1.82, 2.24) is 0 Å². The Kier molecular flexibility index (Phi) is 3.09. The van der Waals surface area contributed by atoms with Gasteiger partial charge in [0.25, 0.3) is 0 Å². The van der Waals surface area contributed by atoms with E-state index in [1.807, 2.05) is 27.7 Å². The van der Waals surface area contributed by atoms with Crippen LogP contribution in [0.5, 0.6) is 0 Å². The minimum Gasteiger partial charge on any atom is -0.379 e. The second-order valence-corrected chi connectivity index (χ2v) is 6.00. The minimum absolute atomic E-state index is 0.0670. The highest BCUT2D eigenvalue weighted by Crippen LogP contribution is 2.38. The van der Waals surface area contributed by atoms with Crippen LogP contribution >= 0.6 is 0 Å². The molecule has 0 aliphatic carbocycles. The molecule has 0 spiro atoms. The van der Waals surface area contributed by atoms with Gasteiger partial charge in [-0.2, -0.15) is 0 Å². The van der Waals surface area contributed by atoms with Crippen LogP contribution in [0.4, 0.5) is 14.5 Å². The summed E-state index contributed by atoms with van der Waals surface area (Å²) >= 11 is 0. The van der Waals surface area contributed by atoms with Crippen molar-refractivity contribution in [3.05, 3.63) is 29.8 Å². The Labute approximate surface area is 106 Å². The Hall–Kier alpha value is -1.16. The Bertz CT molecular complexity index is 457. The number of anilines is 1. The summed E-state index contributed by atoms with van der Waals surface area (Å²) in [6, 6.07) is 3.92. The Balaban J connectivity index is 2.16. The highest BCUT2D eigenvalue weighted by molar-refractivity contribution is 5.45. The molecule has 0 bridgehead atoms. The van der Waals surface area contributed by atoms with Crippen molar-refractivity contribution >= 4 is 5.69 Å². The topological polar surface area (TPSA) is 21.3 Å². The molecule has 1 fully saturated rings. The van der Waals surface area contributed by atoms with Crippen LogP contribution in [-0.4, -0.2) is 17.2 Å². The van der Waals surface area contributed by atoms with Crippen molar-refractivity contribution in [1.29, 1.82) is 0 Å². The van der Waals surface area contributed by atoms with E-state index in [9.17, 15) is 8.78 Å². The first-order valence-corrected chi connectivity index (χ1v) is 6.11. The lowest BCUT2D eigenvalue weighted by Crippen LogP contribution is -2.38. The molecule has 1 N–H and O–H groups in total. The summed E-state index contributed by atoms with van der Waals surface area (Å²) in [6.45, 7) is 8.06. The summed E-state index contributed by atoms with van der Waals surface area (Å²) < 4.78 is 32.0. The molecule has 0 amide bonds. The Morgan fingerprint density at radius 2 is 1.83 bits per heavy atom. The maximum atomic E-state index is 13.2. The number of rotatable bonds is 2. The second-order valence-electron chi connectivity index (χ2n) is 6.00. The van der Waals surface area contributed by atoms with E-state index in [1.54, 1.807) is 6.07 Å². The SMILES string of the molecule is CC1(C)CC(Nc2ccc(F)c(F)c2)C(C)(C)O1. The van der Waals surface area contributed by atoms with E-state index in [4.69, 9.17) is 4.74 Å². The smallest absolute Gasteiger partial charge is 0.160 e. The van der Waals surface area contributed by atoms with Gasteiger partial charge in [0.1, 0.15) is 0 Å². The molecule has 1 aliphatic rings. The molecule has 18 heavy (non-hydrogen) atoms. The van der Waals surface area contributed by atoms with Crippen molar-refractivity contribution in [3.63, 3.8) is 0 Å². The summed E-state index contributed by atoms with van der Waals surface area (Å²) in [4.78, 5) is 0. The van der Waals surface area contributed by atoms with Gasteiger partial charge in [0.2, 0.25) is 0 Å². The van der Waals surface area contributed by atoms with E-state index in [-0.39, 0.29) is 17.2 Å². The molecule has 0 saturated carbocycles. The van der Waals surface area contributed by atoms with Gasteiger partial charge in [-0.25, -0.2) is 8.78 Å². The van der Waals surface area contributed by atoms with Crippen molar-refractivity contribution in [2.75, 3.05) is 5.32 Å². The number of hydrogen-bond acceptors (Lipinski definition) is 2. The standard InChI is InChI=1S/C14H19F2NO/c1-13(2)8-12(14(3,4)18-13)17-9-5-6-10(15)11(16)7-9/h5-7,12,17H,8H2,1-4H3. The zero-order chi connectivity index (χ0) is 13.6. The lowest BCUT2D eigenvalue weighted by atomic mass is 9.94. The molecule has 2 nitrogen and oxygen atoms in total. The molecule has 1 heterocycles. The molecule has 0 aromatic heterocycles. The monoisotopic (exact) mass is 255 g/mol. The van der Waals surface area contributed by atoms with E-state index in [0.717, 1.165) is 12.5 Å². The van der Waals surface area contributed by atoms with Crippen LogP contribution in [0, 0.1) is 11.6 Å². The predicted molar refractivity (Wildman–Crippen MR) is 67.6 cm³/mol. The molecule has 1 atom stereocenters. The quantitative estimate of drug-likeness (QED) is 0.869. The van der Waals surface area contributed by atoms with E-state index < -0.39 is 11.6 Å². The van der Waals surface area contributed by atoms with Crippen LogP contribution in [0.15, 0.2) is 18.2 Å². The van der Waals surface area contributed by atoms with Crippen LogP contribution in [-0.2, 0) is 4.74 Å². The van der Waals surface area contributed by atoms with Gasteiger partial charge in [-0.3, -0.25) is 0 Å². The third-order valence-electron chi connectivity index (χ3n) is 3.33. The number of benzene rings is 1. The Morgan fingerprint density at radius 3 is 2.33 bits per heavy atom. The molecule has 100 valence electrons. The summed E-state index contributed by atoms with van der Waals surface area (Å²) in [5.41, 5.74) is 0.0296. The molecule has 1 unspecified atom stereocenters. The van der Waals surface area contributed by atoms with Gasteiger partial charge in [-0.05, 0) is 46.2 Å². The lowest BCUT2D eigenvalue weighted by Gasteiger charge is -2.28. The van der Waals surface area contributed by atoms with Crippen LogP contribution < -0.4 is 5.32 Å². The first-order chi connectivity index (χ1) is 8.20. The fourth-order valence-electron chi connectivity index (χ4n) is 2.57. The van der Waals surface area contributed by atoms with Crippen LogP contribution in [0.3, 0.4) is 0 Å². The largest absolute Gasteiger partial charge is 0.379 e. The minimum atomic E-state index is -0.837. The average Bonchev–Trinajstić information content (AvgIpc) is 2.40. The van der Waals surface area contributed by atoms with Crippen LogP contribution in [0.25, 0.3) is 0 Å². The third kappa shape index (κ3) is 2.64. The van der Waals surface area contributed by atoms with Gasteiger partial charge in [-0.15, -0.1) is 0 Å². The van der Waals surface area contributed by atoms with E-state index in [2.05, 4.69) is 5.32 Å². The van der Waals surface area contributed by atoms with Gasteiger partial charge in [0.15, 0.2) is 11.6 Å². The molecule has 0 radical (unpaired) electrons. The van der Waals surface area contributed by atoms with Gasteiger partial charge >= 0.3 is 0 Å². The lowest BCUT2D eigenvalue weighted by molar-refractivity contribution is -0.0662. The van der Waals surface area contributed by atoms with E-state index >= 15 is 0 Å². The van der Waals surface area contributed by atoms with Crippen LogP contribution in [0.1, 0.15) is 34.1 Å². The van der Waals surface area contributed by atoms with E-state index in [1.165, 1.54) is 6.07 Å². The highest BCUT2D eigenvalue weighted by Gasteiger charge is 2.45. The highest BCUT2D eigenvalue weighted by atomic mass is 19.2. The maximum Gasteiger partial charge on any atom is 0.160 e. The molecule has 1 aromatic rings. The molecule has 4 heteroatoms. The number of ether oxygens (including phenoxy) is 1. The number of nitrogens with one attached hydrogen (secondary N) is 1. The van der Waals surface area contributed by atoms with Gasteiger partial charge < -0.3 is 10.1 Å². The van der Waals surface area contributed by atoms with Crippen molar-refractivity contribution in [2.45, 2.75) is 51.4 Å². The Morgan fingerprint density at radius 1 is 1.17 bits per heavy atom. The zero-order valence-electron chi connectivity index (χ0n) is 11.2. The van der Waals surface area contributed by atoms with Crippen LogP contribution in [0.2, 0.25) is 0 Å². The maximum absolute atomic E-state index is 13.2. The van der Waals surface area contributed by atoms with Crippen molar-refractivity contribution in [3.8, 4) is 0 Å².